The molecule has 2 aliphatic carbocycles. The van der Waals surface area contributed by atoms with Crippen LogP contribution in [-0.2, 0) is 6.42 Å². The number of aryl methyl sites for hydroxylation is 1. The minimum atomic E-state index is -0.503. The number of aliphatic hydroxyl groups is 2. The topological polar surface area (TPSA) is 52.5 Å². The van der Waals surface area contributed by atoms with E-state index in [2.05, 4.69) is 66.9 Å². The molecule has 0 unspecified atom stereocenters. The predicted octanol–water partition coefficient (Wildman–Crippen LogP) is 6.07. The largest absolute Gasteiger partial charge is 0.392 e. The molecule has 3 nitrogen and oxygen atoms in total. The second-order valence-electron chi connectivity index (χ2n) is 9.99. The first kappa shape index (κ1) is 23.8. The molecule has 0 aromatic heterocycles. The number of fused-ring (bicyclic) bond motifs is 1. The Hall–Kier alpha value is -2.36. The Bertz CT molecular complexity index is 935. The summed E-state index contributed by atoms with van der Waals surface area (Å²) in [5.41, 5.74) is 5.15. The van der Waals surface area contributed by atoms with E-state index in [-0.39, 0.29) is 12.0 Å². The quantitative estimate of drug-likeness (QED) is 0.291. The van der Waals surface area contributed by atoms with Crippen LogP contribution in [0.2, 0.25) is 0 Å². The van der Waals surface area contributed by atoms with Crippen LogP contribution < -0.4 is 5.32 Å². The fraction of sp³-hybridized carbons (Fsp3) is 0.467. The van der Waals surface area contributed by atoms with E-state index in [0.29, 0.717) is 18.3 Å². The van der Waals surface area contributed by atoms with Gasteiger partial charge in [-0.15, -0.1) is 0 Å². The smallest absolute Gasteiger partial charge is 0.0761 e. The number of rotatable bonds is 11. The Balaban J connectivity index is 1.18. The molecule has 176 valence electrons. The zero-order valence-electron chi connectivity index (χ0n) is 19.9. The maximum atomic E-state index is 10.6. The number of aliphatic hydroxyl groups excluding tert-OH is 2. The molecule has 1 fully saturated rings. The number of unbranched alkanes of at least 4 members (excludes halogenated alkanes) is 2. The molecule has 3 heteroatoms. The molecule has 0 heterocycles. The highest BCUT2D eigenvalue weighted by Gasteiger charge is 2.43. The van der Waals surface area contributed by atoms with Crippen molar-refractivity contribution in [2.24, 2.45) is 17.8 Å². The van der Waals surface area contributed by atoms with Gasteiger partial charge in [0.25, 0.3) is 0 Å². The van der Waals surface area contributed by atoms with Gasteiger partial charge in [-0.05, 0) is 68.6 Å². The van der Waals surface area contributed by atoms with Gasteiger partial charge in [0.05, 0.1) is 12.2 Å². The van der Waals surface area contributed by atoms with Gasteiger partial charge in [-0.25, -0.2) is 0 Å². The molecule has 0 saturated heterocycles. The van der Waals surface area contributed by atoms with Crippen LogP contribution in [0.1, 0.15) is 49.7 Å². The van der Waals surface area contributed by atoms with E-state index in [9.17, 15) is 10.2 Å². The van der Waals surface area contributed by atoms with Crippen molar-refractivity contribution in [3.8, 4) is 0 Å². The highest BCUT2D eigenvalue weighted by Crippen LogP contribution is 2.48. The van der Waals surface area contributed by atoms with Crippen LogP contribution in [0.4, 0.5) is 5.69 Å². The number of hydrogen-bond donors (Lipinski definition) is 3. The molecule has 0 radical (unpaired) electrons. The number of para-hydroxylation sites is 1. The molecule has 2 aromatic rings. The Morgan fingerprint density at radius 2 is 1.91 bits per heavy atom. The number of benzene rings is 2. The van der Waals surface area contributed by atoms with E-state index in [1.165, 1.54) is 36.9 Å². The third kappa shape index (κ3) is 6.82. The number of allylic oxidation sites excluding steroid dienone is 2. The minimum absolute atomic E-state index is 0.158. The Labute approximate surface area is 199 Å². The lowest BCUT2D eigenvalue weighted by Crippen LogP contribution is -2.18. The van der Waals surface area contributed by atoms with Crippen molar-refractivity contribution in [1.82, 2.24) is 0 Å². The summed E-state index contributed by atoms with van der Waals surface area (Å²) in [5.74, 6) is 1.15. The summed E-state index contributed by atoms with van der Waals surface area (Å²) < 4.78 is 0. The first-order chi connectivity index (χ1) is 16.1. The van der Waals surface area contributed by atoms with Crippen molar-refractivity contribution in [2.45, 2.75) is 64.1 Å². The average Bonchev–Trinajstić information content (AvgIpc) is 3.31. The molecule has 3 N–H and O–H groups in total. The van der Waals surface area contributed by atoms with Crippen molar-refractivity contribution in [3.05, 3.63) is 89.5 Å². The first-order valence-electron chi connectivity index (χ1n) is 12.7. The van der Waals surface area contributed by atoms with Gasteiger partial charge in [-0.2, -0.15) is 0 Å². The standard InChI is InChI=1S/C30H39NO2/c1-22-9-8-11-23(17-22)19-27(32)14-15-28-29-20-24(18-25(29)21-30(28)33)10-4-3-7-16-31-26-12-5-2-6-13-26/h2,5-6,8-9,11-15,17-18,25,27-33H,3-4,7,10,16,19-21H2,1H3/t25-,27-,28+,29-,30+/m0/s1. The summed E-state index contributed by atoms with van der Waals surface area (Å²) in [4.78, 5) is 0. The second kappa shape index (κ2) is 11.7. The van der Waals surface area contributed by atoms with E-state index < -0.39 is 6.10 Å². The molecule has 2 aromatic carbocycles. The predicted molar refractivity (Wildman–Crippen MR) is 137 cm³/mol. The zero-order valence-corrected chi connectivity index (χ0v) is 19.9. The van der Waals surface area contributed by atoms with E-state index in [1.807, 2.05) is 18.2 Å². The Morgan fingerprint density at radius 3 is 2.73 bits per heavy atom. The van der Waals surface area contributed by atoms with Gasteiger partial charge in [0, 0.05) is 24.6 Å². The summed E-state index contributed by atoms with van der Waals surface area (Å²) in [7, 11) is 0. The van der Waals surface area contributed by atoms with Gasteiger partial charge in [-0.3, -0.25) is 0 Å². The third-order valence-corrected chi connectivity index (χ3v) is 7.31. The van der Waals surface area contributed by atoms with Crippen LogP contribution in [0, 0.1) is 24.7 Å². The highest BCUT2D eigenvalue weighted by molar-refractivity contribution is 5.42. The molecule has 0 amide bonds. The number of anilines is 1. The van der Waals surface area contributed by atoms with Crippen LogP contribution in [0.15, 0.2) is 78.4 Å². The minimum Gasteiger partial charge on any atom is -0.392 e. The normalized spacial score (nSPS) is 25.2. The van der Waals surface area contributed by atoms with E-state index in [1.54, 1.807) is 5.57 Å². The van der Waals surface area contributed by atoms with Gasteiger partial charge in [-0.1, -0.05) is 78.3 Å². The third-order valence-electron chi connectivity index (χ3n) is 7.31. The SMILES string of the molecule is Cc1cccc(C[C@@H](O)C=C[C@@H]2[C@H]3CC(CCCCCNc4ccccc4)=C[C@H]3C[C@H]2O)c1. The molecule has 0 aliphatic heterocycles. The fourth-order valence-electron chi connectivity index (χ4n) is 5.64. The molecule has 2 aliphatic rings. The van der Waals surface area contributed by atoms with E-state index in [4.69, 9.17) is 0 Å². The van der Waals surface area contributed by atoms with Crippen molar-refractivity contribution < 1.29 is 10.2 Å². The molecule has 1 saturated carbocycles. The fourth-order valence-corrected chi connectivity index (χ4v) is 5.64. The zero-order chi connectivity index (χ0) is 23.0. The number of nitrogens with one attached hydrogen (secondary N) is 1. The maximum Gasteiger partial charge on any atom is 0.0761 e. The van der Waals surface area contributed by atoms with Gasteiger partial charge in [0.1, 0.15) is 0 Å². The van der Waals surface area contributed by atoms with Crippen LogP contribution in [0.25, 0.3) is 0 Å². The highest BCUT2D eigenvalue weighted by atomic mass is 16.3. The van der Waals surface area contributed by atoms with Crippen LogP contribution in [0.5, 0.6) is 0 Å². The lowest BCUT2D eigenvalue weighted by molar-refractivity contribution is 0.140. The van der Waals surface area contributed by atoms with Crippen molar-refractivity contribution >= 4 is 5.69 Å². The van der Waals surface area contributed by atoms with E-state index in [0.717, 1.165) is 24.9 Å². The molecule has 0 spiro atoms. The number of hydrogen-bond acceptors (Lipinski definition) is 3. The van der Waals surface area contributed by atoms with Crippen molar-refractivity contribution in [2.75, 3.05) is 11.9 Å². The maximum absolute atomic E-state index is 10.6. The van der Waals surface area contributed by atoms with Crippen LogP contribution >= 0.6 is 0 Å². The molecule has 5 atom stereocenters. The van der Waals surface area contributed by atoms with Crippen LogP contribution in [0.3, 0.4) is 0 Å². The summed E-state index contributed by atoms with van der Waals surface area (Å²) >= 11 is 0. The molecule has 0 bridgehead atoms. The van der Waals surface area contributed by atoms with Gasteiger partial charge in [0.15, 0.2) is 0 Å². The average molecular weight is 446 g/mol. The van der Waals surface area contributed by atoms with Crippen LogP contribution in [-0.4, -0.2) is 29.0 Å². The van der Waals surface area contributed by atoms with E-state index >= 15 is 0 Å². The second-order valence-corrected chi connectivity index (χ2v) is 9.99. The van der Waals surface area contributed by atoms with Crippen molar-refractivity contribution in [3.63, 3.8) is 0 Å². The Morgan fingerprint density at radius 1 is 1.06 bits per heavy atom. The Kier molecular flexibility index (Phi) is 8.41. The summed E-state index contributed by atoms with van der Waals surface area (Å²) in [5, 5.41) is 24.6. The van der Waals surface area contributed by atoms with Crippen molar-refractivity contribution in [1.29, 1.82) is 0 Å². The molecular formula is C30H39NO2. The molecule has 33 heavy (non-hydrogen) atoms. The first-order valence-corrected chi connectivity index (χ1v) is 12.7. The molecular weight excluding hydrogens is 406 g/mol. The monoisotopic (exact) mass is 445 g/mol. The van der Waals surface area contributed by atoms with Gasteiger partial charge < -0.3 is 15.5 Å². The van der Waals surface area contributed by atoms with Gasteiger partial charge in [0.2, 0.25) is 0 Å². The summed E-state index contributed by atoms with van der Waals surface area (Å²) in [6, 6.07) is 18.7. The lowest BCUT2D eigenvalue weighted by atomic mass is 9.88. The molecule has 4 rings (SSSR count). The summed E-state index contributed by atoms with van der Waals surface area (Å²) in [6.45, 7) is 3.10. The van der Waals surface area contributed by atoms with Gasteiger partial charge >= 0.3 is 0 Å². The lowest BCUT2D eigenvalue weighted by Gasteiger charge is -2.19. The summed E-state index contributed by atoms with van der Waals surface area (Å²) in [6.07, 6.45) is 13.1.